The first-order valence-electron chi connectivity index (χ1n) is 5.75. The van der Waals surface area contributed by atoms with Gasteiger partial charge in [0.1, 0.15) is 0 Å². The predicted octanol–water partition coefficient (Wildman–Crippen LogP) is 1.93. The first-order valence-corrected chi connectivity index (χ1v) is 6.83. The van der Waals surface area contributed by atoms with Crippen molar-refractivity contribution < 1.29 is 14.3 Å². The molecule has 1 saturated heterocycles. The molecule has 0 bridgehead atoms. The number of carbonyl (C=O) groups excluding carboxylic acids is 2. The van der Waals surface area contributed by atoms with Crippen LogP contribution in [0.3, 0.4) is 0 Å². The van der Waals surface area contributed by atoms with Gasteiger partial charge in [-0.1, -0.05) is 12.1 Å². The van der Waals surface area contributed by atoms with Crippen LogP contribution in [0, 0.1) is 9.49 Å². The van der Waals surface area contributed by atoms with Gasteiger partial charge in [0.25, 0.3) is 5.91 Å². The molecule has 1 aromatic rings. The first kappa shape index (κ1) is 13.3. The van der Waals surface area contributed by atoms with E-state index >= 15 is 0 Å². The molecule has 2 rings (SSSR count). The number of carbonyl (C=O) groups is 2. The molecule has 5 heteroatoms. The number of nitrogens with zero attached hydrogens (tertiary/aromatic N) is 1. The van der Waals surface area contributed by atoms with E-state index in [9.17, 15) is 9.59 Å². The highest BCUT2D eigenvalue weighted by atomic mass is 127. The highest BCUT2D eigenvalue weighted by molar-refractivity contribution is 14.1. The molecule has 1 fully saturated rings. The molecular weight excluding hydrogens is 345 g/mol. The minimum Gasteiger partial charge on any atom is -0.469 e. The lowest BCUT2D eigenvalue weighted by Gasteiger charge is -2.16. The van der Waals surface area contributed by atoms with E-state index in [-0.39, 0.29) is 17.8 Å². The number of esters is 1. The molecule has 18 heavy (non-hydrogen) atoms. The topological polar surface area (TPSA) is 46.6 Å². The van der Waals surface area contributed by atoms with Crippen molar-refractivity contribution in [1.29, 1.82) is 0 Å². The van der Waals surface area contributed by atoms with E-state index in [0.29, 0.717) is 25.1 Å². The predicted molar refractivity (Wildman–Crippen MR) is 75.2 cm³/mol. The summed E-state index contributed by atoms with van der Waals surface area (Å²) in [4.78, 5) is 25.4. The van der Waals surface area contributed by atoms with Crippen LogP contribution in [0.15, 0.2) is 24.3 Å². The third-order valence-electron chi connectivity index (χ3n) is 3.11. The number of rotatable bonds is 2. The highest BCUT2D eigenvalue weighted by Gasteiger charge is 2.32. The zero-order valence-corrected chi connectivity index (χ0v) is 12.2. The average molecular weight is 359 g/mol. The Bertz CT molecular complexity index is 475. The van der Waals surface area contributed by atoms with E-state index in [4.69, 9.17) is 4.74 Å². The van der Waals surface area contributed by atoms with E-state index in [1.165, 1.54) is 7.11 Å². The summed E-state index contributed by atoms with van der Waals surface area (Å²) in [6.45, 7) is 1.07. The molecule has 1 amide bonds. The van der Waals surface area contributed by atoms with Crippen LogP contribution < -0.4 is 0 Å². The summed E-state index contributed by atoms with van der Waals surface area (Å²) in [6, 6.07) is 7.47. The quantitative estimate of drug-likeness (QED) is 0.599. The Morgan fingerprint density at radius 3 is 2.78 bits per heavy atom. The van der Waals surface area contributed by atoms with Crippen molar-refractivity contribution in [3.63, 3.8) is 0 Å². The lowest BCUT2D eigenvalue weighted by atomic mass is 10.1. The Kier molecular flexibility index (Phi) is 4.21. The molecule has 0 N–H and O–H groups in total. The number of methoxy groups -OCH3 is 1. The molecule has 0 aliphatic carbocycles. The lowest BCUT2D eigenvalue weighted by Crippen LogP contribution is -2.30. The van der Waals surface area contributed by atoms with Crippen molar-refractivity contribution in [2.24, 2.45) is 5.92 Å². The number of amides is 1. The molecular formula is C13H14INO3. The minimum absolute atomic E-state index is 0.00796. The maximum absolute atomic E-state index is 12.3. The number of likely N-dealkylation sites (tertiary alicyclic amines) is 1. The third-order valence-corrected chi connectivity index (χ3v) is 4.05. The molecule has 0 spiro atoms. The number of hydrogen-bond donors (Lipinski definition) is 0. The fraction of sp³-hybridized carbons (Fsp3) is 0.385. The van der Waals surface area contributed by atoms with Crippen molar-refractivity contribution in [3.8, 4) is 0 Å². The summed E-state index contributed by atoms with van der Waals surface area (Å²) in [5.74, 6) is -0.417. The second kappa shape index (κ2) is 5.69. The normalized spacial score (nSPS) is 18.8. The monoisotopic (exact) mass is 359 g/mol. The third kappa shape index (κ3) is 2.66. The van der Waals surface area contributed by atoms with Gasteiger partial charge in [-0.2, -0.15) is 0 Å². The standard InChI is InChI=1S/C13H14INO3/c1-18-13(17)9-6-7-15(8-9)12(16)10-4-2-3-5-11(10)14/h2-5,9H,6-8H2,1H3. The van der Waals surface area contributed by atoms with E-state index < -0.39 is 0 Å². The molecule has 1 aliphatic rings. The molecule has 1 atom stereocenters. The maximum Gasteiger partial charge on any atom is 0.310 e. The highest BCUT2D eigenvalue weighted by Crippen LogP contribution is 2.21. The Morgan fingerprint density at radius 2 is 2.11 bits per heavy atom. The van der Waals surface area contributed by atoms with Crippen LogP contribution in [-0.4, -0.2) is 37.0 Å². The van der Waals surface area contributed by atoms with Crippen molar-refractivity contribution in [1.82, 2.24) is 4.90 Å². The summed E-state index contributed by atoms with van der Waals surface area (Å²) in [7, 11) is 1.38. The van der Waals surface area contributed by atoms with Gasteiger partial charge in [-0.15, -0.1) is 0 Å². The van der Waals surface area contributed by atoms with E-state index in [0.717, 1.165) is 3.57 Å². The van der Waals surface area contributed by atoms with Gasteiger partial charge < -0.3 is 9.64 Å². The molecule has 0 radical (unpaired) electrons. The zero-order valence-electron chi connectivity index (χ0n) is 10.1. The van der Waals surface area contributed by atoms with Crippen LogP contribution >= 0.6 is 22.6 Å². The number of hydrogen-bond acceptors (Lipinski definition) is 3. The first-order chi connectivity index (χ1) is 8.63. The van der Waals surface area contributed by atoms with Crippen LogP contribution in [0.25, 0.3) is 0 Å². The Balaban J connectivity index is 2.08. The van der Waals surface area contributed by atoms with Gasteiger partial charge in [0.15, 0.2) is 0 Å². The fourth-order valence-electron chi connectivity index (χ4n) is 2.11. The summed E-state index contributed by atoms with van der Waals surface area (Å²) >= 11 is 2.15. The van der Waals surface area contributed by atoms with Crippen LogP contribution in [-0.2, 0) is 9.53 Å². The maximum atomic E-state index is 12.3. The van der Waals surface area contributed by atoms with Gasteiger partial charge in [0, 0.05) is 16.7 Å². The largest absolute Gasteiger partial charge is 0.469 e. The van der Waals surface area contributed by atoms with Gasteiger partial charge >= 0.3 is 5.97 Å². The zero-order chi connectivity index (χ0) is 13.1. The van der Waals surface area contributed by atoms with Crippen LogP contribution in [0.1, 0.15) is 16.8 Å². The summed E-state index contributed by atoms with van der Waals surface area (Å²) < 4.78 is 5.65. The Labute approximate surface area is 119 Å². The van der Waals surface area contributed by atoms with Gasteiger partial charge in [0.2, 0.25) is 0 Å². The van der Waals surface area contributed by atoms with E-state index in [1.807, 2.05) is 24.3 Å². The summed E-state index contributed by atoms with van der Waals surface area (Å²) in [6.07, 6.45) is 0.682. The lowest BCUT2D eigenvalue weighted by molar-refractivity contribution is -0.144. The number of halogens is 1. The number of benzene rings is 1. The molecule has 96 valence electrons. The Hall–Kier alpha value is -1.11. The van der Waals surface area contributed by atoms with Gasteiger partial charge in [-0.25, -0.2) is 0 Å². The SMILES string of the molecule is COC(=O)C1CCN(C(=O)c2ccccc2I)C1. The van der Waals surface area contributed by atoms with Crippen LogP contribution in [0.5, 0.6) is 0 Å². The van der Waals surface area contributed by atoms with Gasteiger partial charge in [0.05, 0.1) is 18.6 Å². The summed E-state index contributed by atoms with van der Waals surface area (Å²) in [5.41, 5.74) is 0.698. The minimum atomic E-state index is -0.229. The van der Waals surface area contributed by atoms with Gasteiger partial charge in [-0.05, 0) is 41.1 Å². The van der Waals surface area contributed by atoms with Crippen molar-refractivity contribution >= 4 is 34.5 Å². The molecule has 0 aromatic heterocycles. The molecule has 4 nitrogen and oxygen atoms in total. The fourth-order valence-corrected chi connectivity index (χ4v) is 2.73. The van der Waals surface area contributed by atoms with Crippen molar-refractivity contribution in [2.45, 2.75) is 6.42 Å². The van der Waals surface area contributed by atoms with Crippen LogP contribution in [0.2, 0.25) is 0 Å². The molecule has 1 unspecified atom stereocenters. The van der Waals surface area contributed by atoms with Crippen LogP contribution in [0.4, 0.5) is 0 Å². The second-order valence-electron chi connectivity index (χ2n) is 4.24. The molecule has 1 aromatic carbocycles. The van der Waals surface area contributed by atoms with Gasteiger partial charge in [-0.3, -0.25) is 9.59 Å². The number of ether oxygens (including phenoxy) is 1. The Morgan fingerprint density at radius 1 is 1.39 bits per heavy atom. The summed E-state index contributed by atoms with van der Waals surface area (Å²) in [5, 5.41) is 0. The molecule has 1 aliphatic heterocycles. The second-order valence-corrected chi connectivity index (χ2v) is 5.40. The van der Waals surface area contributed by atoms with Crippen molar-refractivity contribution in [2.75, 3.05) is 20.2 Å². The molecule has 0 saturated carbocycles. The smallest absolute Gasteiger partial charge is 0.310 e. The molecule has 1 heterocycles. The van der Waals surface area contributed by atoms with Crippen molar-refractivity contribution in [3.05, 3.63) is 33.4 Å². The average Bonchev–Trinajstić information content (AvgIpc) is 2.87. The van der Waals surface area contributed by atoms with E-state index in [1.54, 1.807) is 4.90 Å². The van der Waals surface area contributed by atoms with E-state index in [2.05, 4.69) is 22.6 Å².